The smallest absolute Gasteiger partial charge is 0.222 e. The van der Waals surface area contributed by atoms with Crippen LogP contribution in [0.3, 0.4) is 0 Å². The highest BCUT2D eigenvalue weighted by Gasteiger charge is 2.19. The Kier molecular flexibility index (Phi) is 2.80. The Morgan fingerprint density at radius 2 is 2.00 bits per heavy atom. The van der Waals surface area contributed by atoms with E-state index < -0.39 is 0 Å². The number of nitrogens with zero attached hydrogens (tertiary/aromatic N) is 1. The normalized spacial score (nSPS) is 14.4. The predicted octanol–water partition coefficient (Wildman–Crippen LogP) is 2.89. The van der Waals surface area contributed by atoms with Crippen LogP contribution in [0.4, 0.5) is 0 Å². The number of hydrogen-bond donors (Lipinski definition) is 0. The lowest BCUT2D eigenvalue weighted by Gasteiger charge is -2.21. The number of rotatable bonds is 2. The predicted molar refractivity (Wildman–Crippen MR) is 67.8 cm³/mol. The Morgan fingerprint density at radius 3 is 2.78 bits per heavy atom. The third kappa shape index (κ3) is 1.88. The molecule has 0 fully saturated rings. The van der Waals surface area contributed by atoms with Crippen molar-refractivity contribution < 1.29 is 14.2 Å². The van der Waals surface area contributed by atoms with Crippen LogP contribution in [0.25, 0.3) is 10.8 Å². The van der Waals surface area contributed by atoms with Gasteiger partial charge in [0.05, 0.1) is 12.7 Å². The zero-order chi connectivity index (χ0) is 12.5. The zero-order valence-corrected chi connectivity index (χ0v) is 10.5. The monoisotopic (exact) mass is 245 g/mol. The Morgan fingerprint density at radius 1 is 1.22 bits per heavy atom. The third-order valence-electron chi connectivity index (χ3n) is 2.77. The molecule has 18 heavy (non-hydrogen) atoms. The SMILES string of the molecule is CC(C)Oc1nc2c(c3ccccc13)OCOC2. The second-order valence-corrected chi connectivity index (χ2v) is 4.52. The fourth-order valence-electron chi connectivity index (χ4n) is 2.07. The highest BCUT2D eigenvalue weighted by Crippen LogP contribution is 2.36. The molecule has 0 unspecified atom stereocenters. The van der Waals surface area contributed by atoms with Gasteiger partial charge in [-0.25, -0.2) is 4.98 Å². The van der Waals surface area contributed by atoms with Gasteiger partial charge in [0.2, 0.25) is 5.88 Å². The standard InChI is InChI=1S/C14H15NO3/c1-9(2)18-14-11-6-4-3-5-10(11)13-12(15-14)7-16-8-17-13/h3-6,9H,7-8H2,1-2H3. The van der Waals surface area contributed by atoms with Crippen LogP contribution in [-0.4, -0.2) is 17.9 Å². The largest absolute Gasteiger partial charge is 0.474 e. The lowest BCUT2D eigenvalue weighted by molar-refractivity contribution is -0.0179. The summed E-state index contributed by atoms with van der Waals surface area (Å²) in [6.45, 7) is 4.73. The molecule has 2 aromatic rings. The fraction of sp³-hybridized carbons (Fsp3) is 0.357. The van der Waals surface area contributed by atoms with Crippen molar-refractivity contribution in [2.75, 3.05) is 6.79 Å². The maximum atomic E-state index is 5.77. The molecule has 0 N–H and O–H groups in total. The summed E-state index contributed by atoms with van der Waals surface area (Å²) >= 11 is 0. The topological polar surface area (TPSA) is 40.6 Å². The molecule has 1 aromatic heterocycles. The van der Waals surface area contributed by atoms with Crippen molar-refractivity contribution in [1.29, 1.82) is 0 Å². The molecule has 1 aromatic carbocycles. The lowest BCUT2D eigenvalue weighted by atomic mass is 10.1. The van der Waals surface area contributed by atoms with Crippen molar-refractivity contribution in [3.8, 4) is 11.6 Å². The summed E-state index contributed by atoms with van der Waals surface area (Å²) in [5, 5.41) is 2.01. The molecule has 4 nitrogen and oxygen atoms in total. The van der Waals surface area contributed by atoms with Crippen molar-refractivity contribution in [3.63, 3.8) is 0 Å². The van der Waals surface area contributed by atoms with Crippen LogP contribution < -0.4 is 9.47 Å². The molecule has 4 heteroatoms. The summed E-state index contributed by atoms with van der Waals surface area (Å²) in [4.78, 5) is 4.51. The molecule has 0 atom stereocenters. The molecule has 0 radical (unpaired) electrons. The molecule has 94 valence electrons. The van der Waals surface area contributed by atoms with Gasteiger partial charge in [0, 0.05) is 10.8 Å². The molecule has 1 aliphatic heterocycles. The van der Waals surface area contributed by atoms with Gasteiger partial charge in [-0.15, -0.1) is 0 Å². The highest BCUT2D eigenvalue weighted by atomic mass is 16.7. The maximum Gasteiger partial charge on any atom is 0.222 e. The molecular weight excluding hydrogens is 230 g/mol. The van der Waals surface area contributed by atoms with Gasteiger partial charge in [0.25, 0.3) is 0 Å². The second kappa shape index (κ2) is 4.46. The van der Waals surface area contributed by atoms with Crippen LogP contribution in [0.15, 0.2) is 24.3 Å². The van der Waals surface area contributed by atoms with Gasteiger partial charge in [0.15, 0.2) is 12.5 Å². The number of pyridine rings is 1. The molecule has 0 amide bonds. The van der Waals surface area contributed by atoms with Gasteiger partial charge in [-0.05, 0) is 19.9 Å². The molecule has 3 rings (SSSR count). The van der Waals surface area contributed by atoms with Crippen LogP contribution in [0.2, 0.25) is 0 Å². The van der Waals surface area contributed by atoms with Crippen molar-refractivity contribution in [2.24, 2.45) is 0 Å². The Labute approximate surface area is 105 Å². The average molecular weight is 245 g/mol. The van der Waals surface area contributed by atoms with Gasteiger partial charge < -0.3 is 14.2 Å². The van der Waals surface area contributed by atoms with E-state index in [1.807, 2.05) is 38.1 Å². The van der Waals surface area contributed by atoms with Crippen molar-refractivity contribution in [3.05, 3.63) is 30.0 Å². The summed E-state index contributed by atoms with van der Waals surface area (Å²) in [5.41, 5.74) is 0.801. The maximum absolute atomic E-state index is 5.77. The summed E-state index contributed by atoms with van der Waals surface area (Å²) in [6.07, 6.45) is 0.0874. The molecular formula is C14H15NO3. The van der Waals surface area contributed by atoms with Crippen LogP contribution in [0, 0.1) is 0 Å². The van der Waals surface area contributed by atoms with Crippen LogP contribution >= 0.6 is 0 Å². The zero-order valence-electron chi connectivity index (χ0n) is 10.5. The fourth-order valence-corrected chi connectivity index (χ4v) is 2.07. The Bertz CT molecular complexity index is 581. The van der Waals surface area contributed by atoms with E-state index in [1.165, 1.54) is 0 Å². The van der Waals surface area contributed by atoms with E-state index in [2.05, 4.69) is 4.98 Å². The van der Waals surface area contributed by atoms with Crippen molar-refractivity contribution in [1.82, 2.24) is 4.98 Å². The minimum absolute atomic E-state index is 0.0874. The number of ether oxygens (including phenoxy) is 3. The van der Waals surface area contributed by atoms with E-state index in [9.17, 15) is 0 Å². The molecule has 0 aliphatic carbocycles. The minimum Gasteiger partial charge on any atom is -0.474 e. The van der Waals surface area contributed by atoms with Gasteiger partial charge >= 0.3 is 0 Å². The lowest BCUT2D eigenvalue weighted by Crippen LogP contribution is -2.15. The number of hydrogen-bond acceptors (Lipinski definition) is 4. The molecule has 2 heterocycles. The molecule has 0 bridgehead atoms. The first-order valence-corrected chi connectivity index (χ1v) is 6.04. The quantitative estimate of drug-likeness (QED) is 0.815. The van der Waals surface area contributed by atoms with Gasteiger partial charge in [-0.1, -0.05) is 18.2 Å². The van der Waals surface area contributed by atoms with Crippen molar-refractivity contribution in [2.45, 2.75) is 26.6 Å². The molecule has 0 spiro atoms. The van der Waals surface area contributed by atoms with E-state index in [4.69, 9.17) is 14.2 Å². The summed E-state index contributed by atoms with van der Waals surface area (Å²) in [6, 6.07) is 7.98. The number of benzene rings is 1. The van der Waals surface area contributed by atoms with E-state index in [0.29, 0.717) is 12.5 Å². The first-order chi connectivity index (χ1) is 8.75. The molecule has 0 saturated heterocycles. The summed E-state index contributed by atoms with van der Waals surface area (Å²) < 4.78 is 16.6. The first kappa shape index (κ1) is 11.3. The first-order valence-electron chi connectivity index (χ1n) is 6.04. The van der Waals surface area contributed by atoms with Gasteiger partial charge in [-0.3, -0.25) is 0 Å². The summed E-state index contributed by atoms with van der Waals surface area (Å²) in [5.74, 6) is 1.46. The van der Waals surface area contributed by atoms with E-state index in [1.54, 1.807) is 0 Å². The molecule has 0 saturated carbocycles. The van der Waals surface area contributed by atoms with Crippen LogP contribution in [-0.2, 0) is 11.3 Å². The van der Waals surface area contributed by atoms with Gasteiger partial charge in [0.1, 0.15) is 5.69 Å². The van der Waals surface area contributed by atoms with E-state index in [-0.39, 0.29) is 12.9 Å². The van der Waals surface area contributed by atoms with Crippen molar-refractivity contribution >= 4 is 10.8 Å². The minimum atomic E-state index is 0.0874. The number of fused-ring (bicyclic) bond motifs is 3. The molecule has 1 aliphatic rings. The van der Waals surface area contributed by atoms with E-state index >= 15 is 0 Å². The average Bonchev–Trinajstić information content (AvgIpc) is 2.38. The Hall–Kier alpha value is -1.81. The third-order valence-corrected chi connectivity index (χ3v) is 2.77. The number of aromatic nitrogens is 1. The van der Waals surface area contributed by atoms with Crippen LogP contribution in [0.1, 0.15) is 19.5 Å². The Balaban J connectivity index is 2.23. The van der Waals surface area contributed by atoms with E-state index in [0.717, 1.165) is 22.2 Å². The highest BCUT2D eigenvalue weighted by molar-refractivity contribution is 5.92. The van der Waals surface area contributed by atoms with Gasteiger partial charge in [-0.2, -0.15) is 0 Å². The second-order valence-electron chi connectivity index (χ2n) is 4.52. The van der Waals surface area contributed by atoms with Crippen LogP contribution in [0.5, 0.6) is 11.6 Å². The summed E-state index contributed by atoms with van der Waals surface area (Å²) in [7, 11) is 0.